The predicted molar refractivity (Wildman–Crippen MR) is 142 cm³/mol. The molecule has 0 fully saturated rings. The third-order valence-electron chi connectivity index (χ3n) is 5.77. The Morgan fingerprint density at radius 1 is 1.13 bits per heavy atom. The Morgan fingerprint density at radius 2 is 1.92 bits per heavy atom. The van der Waals surface area contributed by atoms with Crippen molar-refractivity contribution >= 4 is 34.7 Å². The number of quaternary nitrogens is 1. The number of amides is 1. The van der Waals surface area contributed by atoms with Crippen molar-refractivity contribution < 1.29 is 37.8 Å². The first kappa shape index (κ1) is 28.2. The molecule has 11 heteroatoms. The molecule has 0 spiro atoms. The number of anilines is 2. The zero-order chi connectivity index (χ0) is 27.4. The molecular formula is C27H30ClF2IN6O. The van der Waals surface area contributed by atoms with Crippen LogP contribution in [0.4, 0.5) is 20.3 Å². The molecule has 2 heterocycles. The first-order valence-corrected chi connectivity index (χ1v) is 15.0. The summed E-state index contributed by atoms with van der Waals surface area (Å²) in [5, 5.41) is 6.01. The van der Waals surface area contributed by atoms with Crippen LogP contribution in [0.1, 0.15) is 29.3 Å². The molecule has 0 aliphatic rings. The van der Waals surface area contributed by atoms with Crippen molar-refractivity contribution in [2.24, 2.45) is 0 Å². The molecule has 0 unspecified atom stereocenters. The average Bonchev–Trinajstić information content (AvgIpc) is 3.31. The molecule has 1 amide bonds. The van der Waals surface area contributed by atoms with E-state index in [1.807, 2.05) is 19.1 Å². The molecule has 0 saturated carbocycles. The number of aromatic nitrogens is 3. The van der Waals surface area contributed by atoms with Crippen LogP contribution in [-0.4, -0.2) is 55.1 Å². The number of carbonyl (C=O) groups is 1. The van der Waals surface area contributed by atoms with Crippen molar-refractivity contribution in [3.8, 4) is 11.3 Å². The van der Waals surface area contributed by atoms with Crippen molar-refractivity contribution in [3.63, 3.8) is 0 Å². The van der Waals surface area contributed by atoms with Gasteiger partial charge in [-0.15, -0.1) is 0 Å². The molecule has 0 saturated heterocycles. The second-order valence-corrected chi connectivity index (χ2v) is 14.5. The Morgan fingerprint density at radius 3 is 2.66 bits per heavy atom. The first-order chi connectivity index (χ1) is 18.1. The van der Waals surface area contributed by atoms with Crippen LogP contribution in [0.5, 0.6) is 0 Å². The van der Waals surface area contributed by atoms with Crippen molar-refractivity contribution in [3.05, 3.63) is 76.7 Å². The first-order valence-electron chi connectivity index (χ1n) is 12.2. The zero-order valence-electron chi connectivity index (χ0n) is 21.7. The normalized spacial score (nSPS) is 11.8. The molecule has 2 aromatic carbocycles. The number of alkyl halides is 1. The number of imidazole rings is 1. The van der Waals surface area contributed by atoms with Crippen molar-refractivity contribution in [1.29, 1.82) is 0 Å². The molecule has 0 aliphatic heterocycles. The van der Waals surface area contributed by atoms with Gasteiger partial charge in [0.1, 0.15) is 0 Å². The molecule has 2 N–H and O–H groups in total. The molecule has 2 aromatic heterocycles. The second-order valence-electron chi connectivity index (χ2n) is 9.45. The van der Waals surface area contributed by atoms with E-state index in [1.165, 1.54) is 18.3 Å². The number of hydrogen-bond donors (Lipinski definition) is 2. The van der Waals surface area contributed by atoms with Gasteiger partial charge in [-0.2, -0.15) is 0 Å². The van der Waals surface area contributed by atoms with Crippen molar-refractivity contribution in [1.82, 2.24) is 19.7 Å². The van der Waals surface area contributed by atoms with Gasteiger partial charge in [-0.25, -0.2) is 13.8 Å². The molecule has 202 valence electrons. The van der Waals surface area contributed by atoms with Gasteiger partial charge in [0.2, 0.25) is 0 Å². The Labute approximate surface area is 236 Å². The summed E-state index contributed by atoms with van der Waals surface area (Å²) in [7, 11) is 6.62. The number of hydrogen-bond acceptors (Lipinski definition) is 4. The van der Waals surface area contributed by atoms with E-state index >= 15 is 0 Å². The molecular weight excluding hydrogens is 625 g/mol. The quantitative estimate of drug-likeness (QED) is 0.0907. The van der Waals surface area contributed by atoms with Crippen LogP contribution in [-0.2, 0) is 6.42 Å². The minimum atomic E-state index is -1.10. The maximum absolute atomic E-state index is 14.6. The Bertz CT molecular complexity index is 1470. The number of rotatable bonds is 10. The Hall–Kier alpha value is -2.83. The van der Waals surface area contributed by atoms with Crippen LogP contribution in [0.3, 0.4) is 0 Å². The molecule has 4 aromatic rings. The summed E-state index contributed by atoms with van der Waals surface area (Å²) < 4.78 is 32.5. The number of nitrogens with zero attached hydrogens (tertiary/aromatic N) is 4. The number of carbonyl (C=O) groups excluding carboxylic acids is 1. The minimum absolute atomic E-state index is 0.0412. The van der Waals surface area contributed by atoms with E-state index in [4.69, 9.17) is 11.6 Å². The van der Waals surface area contributed by atoms with E-state index in [9.17, 15) is 13.6 Å². The Balaban J connectivity index is 1.51. The fourth-order valence-corrected chi connectivity index (χ4v) is 6.25. The van der Waals surface area contributed by atoms with Crippen molar-refractivity contribution in [2.75, 3.05) is 37.4 Å². The summed E-state index contributed by atoms with van der Waals surface area (Å²) in [5.41, 5.74) is 3.13. The standard InChI is InChI=1S/C27H30ClF2IN6O/c1-5-17-15-18(7-8-19(17)27(38)33-12-6-11-31-37(2,3)4)35-25-26-34-16-22(36(26)14-13-32-25)20-9-10-21(28)24(30)23(20)29/h7-10,13-16H,5-6,11-12H2,1-4H3,(H,32,35)(H,33,38). The number of benzene rings is 2. The predicted octanol–water partition coefficient (Wildman–Crippen LogP) is 2.46. The van der Waals surface area contributed by atoms with E-state index in [0.29, 0.717) is 35.7 Å². The van der Waals surface area contributed by atoms with Gasteiger partial charge in [-0.3, -0.25) is 4.40 Å². The topological polar surface area (TPSA) is 71.3 Å². The molecule has 38 heavy (non-hydrogen) atoms. The molecule has 0 radical (unpaired) electrons. The van der Waals surface area contributed by atoms with Crippen LogP contribution in [0.25, 0.3) is 16.9 Å². The fraction of sp³-hybridized carbons (Fsp3) is 0.296. The van der Waals surface area contributed by atoms with Gasteiger partial charge in [-0.1, -0.05) is 11.6 Å². The molecule has 7 nitrogen and oxygen atoms in total. The number of fused-ring (bicyclic) bond motifs is 1. The summed E-state index contributed by atoms with van der Waals surface area (Å²) in [5.74, 6) is -1.78. The van der Waals surface area contributed by atoms with Gasteiger partial charge in [-0.05, 0) is 12.1 Å². The van der Waals surface area contributed by atoms with Gasteiger partial charge in [0.15, 0.2) is 11.6 Å². The van der Waals surface area contributed by atoms with E-state index < -0.39 is 11.6 Å². The van der Waals surface area contributed by atoms with Crippen LogP contribution in [0.15, 0.2) is 48.9 Å². The van der Waals surface area contributed by atoms with Crippen LogP contribution in [0, 0.1) is 11.6 Å². The fourth-order valence-electron chi connectivity index (χ4n) is 3.93. The zero-order valence-corrected chi connectivity index (χ0v) is 24.6. The SMILES string of the molecule is CCc1cc(Nc2nccn3c(-c4ccc(Cl)c(F)c4F)cnc23)ccc1C(=O)NCCC[I-][N+](C)(C)C. The van der Waals surface area contributed by atoms with Gasteiger partial charge >= 0.3 is 149 Å². The summed E-state index contributed by atoms with van der Waals surface area (Å²) in [6.45, 7) is 2.66. The van der Waals surface area contributed by atoms with Crippen molar-refractivity contribution in [2.45, 2.75) is 19.8 Å². The second kappa shape index (κ2) is 11.9. The van der Waals surface area contributed by atoms with Crippen LogP contribution in [0.2, 0.25) is 5.02 Å². The van der Waals surface area contributed by atoms with Crippen LogP contribution < -0.4 is 32.1 Å². The molecule has 0 atom stereocenters. The Kier molecular flexibility index (Phi) is 8.84. The number of aryl methyl sites for hydroxylation is 1. The summed E-state index contributed by atoms with van der Waals surface area (Å²) in [6, 6.07) is 8.27. The molecule has 0 bridgehead atoms. The summed E-state index contributed by atoms with van der Waals surface area (Å²) in [4.78, 5) is 21.6. The van der Waals surface area contributed by atoms with E-state index in [0.717, 1.165) is 24.8 Å². The summed E-state index contributed by atoms with van der Waals surface area (Å²) >= 11 is 5.76. The summed E-state index contributed by atoms with van der Waals surface area (Å²) in [6.07, 6.45) is 6.29. The van der Waals surface area contributed by atoms with Gasteiger partial charge < -0.3 is 0 Å². The van der Waals surface area contributed by atoms with E-state index in [-0.39, 0.29) is 38.0 Å². The van der Waals surface area contributed by atoms with Gasteiger partial charge in [0.25, 0.3) is 0 Å². The van der Waals surface area contributed by atoms with Crippen LogP contribution >= 0.6 is 11.6 Å². The third kappa shape index (κ3) is 6.41. The number of halogens is 4. The third-order valence-corrected chi connectivity index (χ3v) is 9.36. The van der Waals surface area contributed by atoms with Gasteiger partial charge in [0, 0.05) is 18.0 Å². The average molecular weight is 655 g/mol. The monoisotopic (exact) mass is 654 g/mol. The maximum atomic E-state index is 14.6. The van der Waals surface area contributed by atoms with E-state index in [2.05, 4.69) is 41.7 Å². The van der Waals surface area contributed by atoms with Gasteiger partial charge in [0.05, 0.1) is 16.9 Å². The molecule has 0 aliphatic carbocycles. The number of nitrogens with one attached hydrogen (secondary N) is 2. The van der Waals surface area contributed by atoms with E-state index in [1.54, 1.807) is 22.9 Å². The molecule has 4 rings (SSSR count).